The van der Waals surface area contributed by atoms with Gasteiger partial charge in [-0.1, -0.05) is 20.8 Å². The van der Waals surface area contributed by atoms with Crippen LogP contribution >= 0.6 is 0 Å². The van der Waals surface area contributed by atoms with Gasteiger partial charge in [-0.3, -0.25) is 4.79 Å². The fourth-order valence-electron chi connectivity index (χ4n) is 2.02. The van der Waals surface area contributed by atoms with E-state index in [1.54, 1.807) is 32.7 Å². The number of urea groups is 1. The van der Waals surface area contributed by atoms with Gasteiger partial charge >= 0.3 is 12.0 Å². The average molecular weight is 285 g/mol. The summed E-state index contributed by atoms with van der Waals surface area (Å²) in [6.45, 7) is 6.26. The van der Waals surface area contributed by atoms with Crippen LogP contribution in [0.1, 0.15) is 27.2 Å². The predicted molar refractivity (Wildman–Crippen MR) is 73.2 cm³/mol. The molecule has 20 heavy (non-hydrogen) atoms. The molecule has 7 heteroatoms. The van der Waals surface area contributed by atoms with Gasteiger partial charge in [0.05, 0.1) is 0 Å². The molecule has 1 aliphatic heterocycles. The molecule has 1 saturated heterocycles. The second kappa shape index (κ2) is 6.11. The highest BCUT2D eigenvalue weighted by Gasteiger charge is 2.34. The van der Waals surface area contributed by atoms with Gasteiger partial charge in [-0.25, -0.2) is 9.59 Å². The third-order valence-corrected chi connectivity index (χ3v) is 3.34. The number of hydrogen-bond donors (Lipinski definition) is 2. The Morgan fingerprint density at radius 1 is 1.30 bits per heavy atom. The van der Waals surface area contributed by atoms with Crippen LogP contribution in [0.5, 0.6) is 0 Å². The molecule has 0 spiro atoms. The monoisotopic (exact) mass is 285 g/mol. The lowest BCUT2D eigenvalue weighted by atomic mass is 9.87. The molecule has 1 aliphatic rings. The number of carbonyl (C=O) groups excluding carboxylic acids is 2. The maximum atomic E-state index is 12.1. The number of amides is 3. The molecular weight excluding hydrogens is 262 g/mol. The minimum Gasteiger partial charge on any atom is -0.480 e. The van der Waals surface area contributed by atoms with Crippen molar-refractivity contribution in [2.45, 2.75) is 33.2 Å². The predicted octanol–water partition coefficient (Wildman–Crippen LogP) is 0.359. The van der Waals surface area contributed by atoms with Crippen molar-refractivity contribution in [2.75, 3.05) is 26.7 Å². The molecule has 0 aromatic heterocycles. The average Bonchev–Trinajstić information content (AvgIpc) is 2.47. The van der Waals surface area contributed by atoms with Gasteiger partial charge in [-0.2, -0.15) is 0 Å². The number of hydrogen-bond acceptors (Lipinski definition) is 3. The Labute approximate surface area is 118 Å². The van der Waals surface area contributed by atoms with E-state index in [0.717, 1.165) is 0 Å². The first-order chi connectivity index (χ1) is 9.12. The quantitative estimate of drug-likeness (QED) is 0.766. The van der Waals surface area contributed by atoms with E-state index in [9.17, 15) is 19.5 Å². The number of rotatable bonds is 2. The van der Waals surface area contributed by atoms with E-state index in [0.29, 0.717) is 19.5 Å². The number of likely N-dealkylation sites (N-methyl/N-ethyl adjacent to an activating group) is 1. The van der Waals surface area contributed by atoms with Crippen molar-refractivity contribution >= 4 is 17.9 Å². The van der Waals surface area contributed by atoms with Crippen LogP contribution in [-0.2, 0) is 9.59 Å². The first-order valence-corrected chi connectivity index (χ1v) is 6.65. The van der Waals surface area contributed by atoms with Crippen LogP contribution in [0, 0.1) is 5.41 Å². The Balaban J connectivity index is 2.74. The van der Waals surface area contributed by atoms with E-state index in [2.05, 4.69) is 5.32 Å². The van der Waals surface area contributed by atoms with Crippen molar-refractivity contribution in [3.63, 3.8) is 0 Å². The fourth-order valence-corrected chi connectivity index (χ4v) is 2.02. The molecule has 1 fully saturated rings. The highest BCUT2D eigenvalue weighted by atomic mass is 16.4. The van der Waals surface area contributed by atoms with Crippen molar-refractivity contribution in [2.24, 2.45) is 5.41 Å². The lowest BCUT2D eigenvalue weighted by Crippen LogP contribution is -2.54. The van der Waals surface area contributed by atoms with Crippen molar-refractivity contribution in [1.82, 2.24) is 15.1 Å². The van der Waals surface area contributed by atoms with E-state index in [1.165, 1.54) is 4.90 Å². The van der Waals surface area contributed by atoms with Gasteiger partial charge in [0.25, 0.3) is 0 Å². The number of nitrogens with zero attached hydrogens (tertiary/aromatic N) is 2. The van der Waals surface area contributed by atoms with E-state index in [1.807, 2.05) is 0 Å². The molecule has 0 bridgehead atoms. The van der Waals surface area contributed by atoms with Gasteiger partial charge in [0, 0.05) is 20.1 Å². The molecule has 0 aliphatic carbocycles. The largest absolute Gasteiger partial charge is 0.480 e. The minimum absolute atomic E-state index is 0.0151. The number of carboxylic acid groups (broad SMARTS) is 1. The molecule has 1 heterocycles. The zero-order chi connectivity index (χ0) is 15.5. The Bertz CT molecular complexity index is 403. The molecule has 0 saturated carbocycles. The first-order valence-electron chi connectivity index (χ1n) is 6.65. The molecule has 0 aromatic carbocycles. The summed E-state index contributed by atoms with van der Waals surface area (Å²) in [7, 11) is 1.69. The van der Waals surface area contributed by atoms with Crippen LogP contribution in [0.4, 0.5) is 4.79 Å². The lowest BCUT2D eigenvalue weighted by Gasteiger charge is -2.30. The second-order valence-electron chi connectivity index (χ2n) is 6.18. The summed E-state index contributed by atoms with van der Waals surface area (Å²) >= 11 is 0. The van der Waals surface area contributed by atoms with Gasteiger partial charge < -0.3 is 20.2 Å². The molecule has 1 rings (SSSR count). The molecular formula is C13H23N3O4. The molecule has 0 unspecified atom stereocenters. The number of aliphatic carboxylic acids is 1. The highest BCUT2D eigenvalue weighted by Crippen LogP contribution is 2.19. The van der Waals surface area contributed by atoms with Crippen molar-refractivity contribution in [3.05, 3.63) is 0 Å². The molecule has 2 N–H and O–H groups in total. The van der Waals surface area contributed by atoms with Crippen LogP contribution in [0.3, 0.4) is 0 Å². The Morgan fingerprint density at radius 3 is 2.40 bits per heavy atom. The van der Waals surface area contributed by atoms with Gasteiger partial charge in [-0.05, 0) is 11.8 Å². The third kappa shape index (κ3) is 4.11. The van der Waals surface area contributed by atoms with Crippen LogP contribution in [-0.4, -0.2) is 65.5 Å². The minimum atomic E-state index is -1.08. The molecule has 0 radical (unpaired) electrons. The standard InChI is InChI=1S/C13H23N3O4/c1-13(2,3)10(11(18)19)14-12(20)16-7-5-6-15(4)9(17)8-16/h10H,5-8H2,1-4H3,(H,14,20)(H,18,19)/t10-/m1/s1. The Morgan fingerprint density at radius 2 is 1.90 bits per heavy atom. The van der Waals surface area contributed by atoms with Gasteiger partial charge in [-0.15, -0.1) is 0 Å². The van der Waals surface area contributed by atoms with Crippen molar-refractivity contribution < 1.29 is 19.5 Å². The number of nitrogens with one attached hydrogen (secondary N) is 1. The third-order valence-electron chi connectivity index (χ3n) is 3.34. The first kappa shape index (κ1) is 16.3. The highest BCUT2D eigenvalue weighted by molar-refractivity contribution is 5.87. The van der Waals surface area contributed by atoms with E-state index in [4.69, 9.17) is 0 Å². The number of carbonyl (C=O) groups is 3. The molecule has 114 valence electrons. The second-order valence-corrected chi connectivity index (χ2v) is 6.18. The van der Waals surface area contributed by atoms with E-state index >= 15 is 0 Å². The fraction of sp³-hybridized carbons (Fsp3) is 0.769. The maximum absolute atomic E-state index is 12.1. The summed E-state index contributed by atoms with van der Waals surface area (Å²) in [6, 6.07) is -1.50. The Hall–Kier alpha value is -1.79. The summed E-state index contributed by atoms with van der Waals surface area (Å²) in [5.41, 5.74) is -0.603. The number of carboxylic acids is 1. The van der Waals surface area contributed by atoms with E-state index < -0.39 is 23.5 Å². The van der Waals surface area contributed by atoms with Crippen LogP contribution in [0.2, 0.25) is 0 Å². The molecule has 0 aromatic rings. The molecule has 7 nitrogen and oxygen atoms in total. The van der Waals surface area contributed by atoms with Crippen LogP contribution in [0.25, 0.3) is 0 Å². The van der Waals surface area contributed by atoms with Gasteiger partial charge in [0.2, 0.25) is 5.91 Å². The summed E-state index contributed by atoms with van der Waals surface area (Å²) in [4.78, 5) is 38.1. The summed E-state index contributed by atoms with van der Waals surface area (Å²) in [6.07, 6.45) is 0.683. The smallest absolute Gasteiger partial charge is 0.326 e. The van der Waals surface area contributed by atoms with Crippen molar-refractivity contribution in [3.8, 4) is 0 Å². The van der Waals surface area contributed by atoms with Crippen LogP contribution < -0.4 is 5.32 Å². The zero-order valence-electron chi connectivity index (χ0n) is 12.5. The SMILES string of the molecule is CN1CCCN(C(=O)N[C@H](C(=O)O)C(C)(C)C)CC1=O. The van der Waals surface area contributed by atoms with Crippen LogP contribution in [0.15, 0.2) is 0 Å². The maximum Gasteiger partial charge on any atom is 0.326 e. The normalized spacial score (nSPS) is 18.5. The molecule has 1 atom stereocenters. The Kier molecular flexibility index (Phi) is 4.97. The van der Waals surface area contributed by atoms with Gasteiger partial charge in [0.1, 0.15) is 12.6 Å². The topological polar surface area (TPSA) is 89.9 Å². The molecule has 3 amide bonds. The lowest BCUT2D eigenvalue weighted by molar-refractivity contribution is -0.142. The van der Waals surface area contributed by atoms with Gasteiger partial charge in [0.15, 0.2) is 0 Å². The summed E-state index contributed by atoms with van der Waals surface area (Å²) < 4.78 is 0. The summed E-state index contributed by atoms with van der Waals surface area (Å²) in [5.74, 6) is -1.22. The van der Waals surface area contributed by atoms with E-state index in [-0.39, 0.29) is 12.5 Å². The van der Waals surface area contributed by atoms with Crippen molar-refractivity contribution in [1.29, 1.82) is 0 Å². The zero-order valence-corrected chi connectivity index (χ0v) is 12.5. The summed E-state index contributed by atoms with van der Waals surface area (Å²) in [5, 5.41) is 11.7.